The third-order valence-electron chi connectivity index (χ3n) is 2.28. The van der Waals surface area contributed by atoms with E-state index in [1.54, 1.807) is 30.1 Å². The number of benzene rings is 1. The maximum Gasteiger partial charge on any atom is 0.231 e. The van der Waals surface area contributed by atoms with Gasteiger partial charge in [-0.2, -0.15) is 15.0 Å². The van der Waals surface area contributed by atoms with E-state index in [2.05, 4.69) is 15.0 Å². The van der Waals surface area contributed by atoms with Gasteiger partial charge in [0.1, 0.15) is 5.82 Å². The quantitative estimate of drug-likeness (QED) is 0.870. The van der Waals surface area contributed by atoms with Crippen LogP contribution < -0.4 is 4.90 Å². The Labute approximate surface area is 113 Å². The van der Waals surface area contributed by atoms with Crippen LogP contribution in [0.25, 0.3) is 0 Å². The number of halogens is 3. The number of aromatic nitrogens is 3. The summed E-state index contributed by atoms with van der Waals surface area (Å²) < 4.78 is 13.5. The van der Waals surface area contributed by atoms with Crippen molar-refractivity contribution in [2.24, 2.45) is 0 Å². The first-order valence-electron chi connectivity index (χ1n) is 5.08. The van der Waals surface area contributed by atoms with Gasteiger partial charge in [0.05, 0.1) is 0 Å². The highest BCUT2D eigenvalue weighted by Gasteiger charge is 2.10. The molecule has 2 rings (SSSR count). The van der Waals surface area contributed by atoms with E-state index in [0.29, 0.717) is 18.1 Å². The second-order valence-electron chi connectivity index (χ2n) is 3.62. The van der Waals surface area contributed by atoms with E-state index in [4.69, 9.17) is 23.2 Å². The molecule has 1 aromatic carbocycles. The van der Waals surface area contributed by atoms with Crippen LogP contribution in [0.3, 0.4) is 0 Å². The minimum absolute atomic E-state index is 0.00498. The Kier molecular flexibility index (Phi) is 3.93. The molecule has 0 N–H and O–H groups in total. The molecule has 0 amide bonds. The fourth-order valence-electron chi connectivity index (χ4n) is 1.44. The maximum atomic E-state index is 13.5. The molecule has 18 heavy (non-hydrogen) atoms. The fourth-order valence-corrected chi connectivity index (χ4v) is 1.79. The van der Waals surface area contributed by atoms with Gasteiger partial charge >= 0.3 is 0 Å². The van der Waals surface area contributed by atoms with Gasteiger partial charge in [-0.05, 0) is 29.3 Å². The van der Waals surface area contributed by atoms with Crippen molar-refractivity contribution in [2.75, 3.05) is 11.9 Å². The Morgan fingerprint density at radius 2 is 1.72 bits per heavy atom. The second kappa shape index (κ2) is 5.46. The van der Waals surface area contributed by atoms with E-state index >= 15 is 0 Å². The van der Waals surface area contributed by atoms with Crippen molar-refractivity contribution >= 4 is 29.2 Å². The van der Waals surface area contributed by atoms with E-state index in [0.717, 1.165) is 0 Å². The van der Waals surface area contributed by atoms with Crippen molar-refractivity contribution in [3.05, 3.63) is 46.2 Å². The smallest absolute Gasteiger partial charge is 0.231 e. The number of anilines is 1. The molecule has 0 saturated heterocycles. The molecule has 7 heteroatoms. The summed E-state index contributed by atoms with van der Waals surface area (Å²) in [7, 11) is 1.72. The lowest BCUT2D eigenvalue weighted by Crippen LogP contribution is -2.20. The van der Waals surface area contributed by atoms with Crippen molar-refractivity contribution in [2.45, 2.75) is 6.54 Å². The first-order chi connectivity index (χ1) is 8.56. The standard InChI is InChI=1S/C11H9Cl2FN4/c1-18(6-7-4-2-3-5-8(7)14)11-16-9(12)15-10(13)17-11/h2-5H,6H2,1H3. The normalized spacial score (nSPS) is 10.4. The highest BCUT2D eigenvalue weighted by atomic mass is 35.5. The Morgan fingerprint density at radius 1 is 1.11 bits per heavy atom. The maximum absolute atomic E-state index is 13.5. The third-order valence-corrected chi connectivity index (χ3v) is 2.61. The molecule has 1 aromatic heterocycles. The van der Waals surface area contributed by atoms with Crippen molar-refractivity contribution in [3.63, 3.8) is 0 Å². The SMILES string of the molecule is CN(Cc1ccccc1F)c1nc(Cl)nc(Cl)n1. The third kappa shape index (κ3) is 3.05. The molecule has 0 aliphatic carbocycles. The van der Waals surface area contributed by atoms with Crippen LogP contribution in [0.15, 0.2) is 24.3 Å². The summed E-state index contributed by atoms with van der Waals surface area (Å²) in [6.45, 7) is 0.309. The Balaban J connectivity index is 2.22. The van der Waals surface area contributed by atoms with Gasteiger partial charge < -0.3 is 4.90 Å². The van der Waals surface area contributed by atoms with Crippen molar-refractivity contribution in [1.29, 1.82) is 0 Å². The van der Waals surface area contributed by atoms with Crippen molar-refractivity contribution in [1.82, 2.24) is 15.0 Å². The molecule has 94 valence electrons. The van der Waals surface area contributed by atoms with Gasteiger partial charge in [0.15, 0.2) is 0 Å². The predicted octanol–water partition coefficient (Wildman–Crippen LogP) is 2.95. The lowest BCUT2D eigenvalue weighted by Gasteiger charge is -2.17. The van der Waals surface area contributed by atoms with Crippen LogP contribution in [0.5, 0.6) is 0 Å². The van der Waals surface area contributed by atoms with E-state index in [9.17, 15) is 4.39 Å². The molecule has 0 bridgehead atoms. The molecular weight excluding hydrogens is 278 g/mol. The summed E-state index contributed by atoms with van der Waals surface area (Å²) in [5.74, 6) is 0.0128. The second-order valence-corrected chi connectivity index (χ2v) is 4.30. The van der Waals surface area contributed by atoms with Crippen molar-refractivity contribution in [3.8, 4) is 0 Å². The van der Waals surface area contributed by atoms with Crippen LogP contribution in [-0.4, -0.2) is 22.0 Å². The number of hydrogen-bond acceptors (Lipinski definition) is 4. The molecule has 1 heterocycles. The molecule has 0 aliphatic rings. The minimum Gasteiger partial charge on any atom is -0.339 e. The number of rotatable bonds is 3. The Bertz CT molecular complexity index is 544. The average molecular weight is 287 g/mol. The van der Waals surface area contributed by atoms with Gasteiger partial charge in [0.2, 0.25) is 16.5 Å². The molecule has 0 unspecified atom stereocenters. The van der Waals surface area contributed by atoms with Crippen LogP contribution in [0.1, 0.15) is 5.56 Å². The van der Waals surface area contributed by atoms with E-state index in [1.807, 2.05) is 0 Å². The minimum atomic E-state index is -0.282. The lowest BCUT2D eigenvalue weighted by molar-refractivity contribution is 0.607. The van der Waals surface area contributed by atoms with E-state index < -0.39 is 0 Å². The van der Waals surface area contributed by atoms with Crippen LogP contribution >= 0.6 is 23.2 Å². The largest absolute Gasteiger partial charge is 0.339 e. The molecule has 0 spiro atoms. The average Bonchev–Trinajstić information content (AvgIpc) is 2.31. The monoisotopic (exact) mass is 286 g/mol. The first-order valence-corrected chi connectivity index (χ1v) is 5.83. The molecule has 0 fully saturated rings. The Hall–Kier alpha value is -1.46. The molecule has 0 aliphatic heterocycles. The van der Waals surface area contributed by atoms with Gasteiger partial charge in [0, 0.05) is 19.2 Å². The zero-order valence-corrected chi connectivity index (χ0v) is 11.0. The van der Waals surface area contributed by atoms with Crippen LogP contribution in [0.2, 0.25) is 10.6 Å². The summed E-state index contributed by atoms with van der Waals surface area (Å²) in [5.41, 5.74) is 0.535. The highest BCUT2D eigenvalue weighted by Crippen LogP contribution is 2.16. The summed E-state index contributed by atoms with van der Waals surface area (Å²) in [4.78, 5) is 13.1. The van der Waals surface area contributed by atoms with Gasteiger partial charge in [-0.1, -0.05) is 18.2 Å². The molecular formula is C11H9Cl2FN4. The zero-order chi connectivity index (χ0) is 13.1. The van der Waals surface area contributed by atoms with Crippen LogP contribution in [0.4, 0.5) is 10.3 Å². The fraction of sp³-hybridized carbons (Fsp3) is 0.182. The number of nitrogens with zero attached hydrogens (tertiary/aromatic N) is 4. The molecule has 2 aromatic rings. The highest BCUT2D eigenvalue weighted by molar-refractivity contribution is 6.31. The summed E-state index contributed by atoms with van der Waals surface area (Å²) in [6, 6.07) is 6.49. The first kappa shape index (κ1) is 13.0. The molecule has 0 radical (unpaired) electrons. The van der Waals surface area contributed by atoms with Gasteiger partial charge in [-0.3, -0.25) is 0 Å². The van der Waals surface area contributed by atoms with Gasteiger partial charge in [-0.15, -0.1) is 0 Å². The molecule has 4 nitrogen and oxygen atoms in total. The van der Waals surface area contributed by atoms with Crippen LogP contribution in [0, 0.1) is 5.82 Å². The van der Waals surface area contributed by atoms with Crippen molar-refractivity contribution < 1.29 is 4.39 Å². The van der Waals surface area contributed by atoms with Gasteiger partial charge in [-0.25, -0.2) is 4.39 Å². The van der Waals surface area contributed by atoms with E-state index in [1.165, 1.54) is 6.07 Å². The summed E-state index contributed by atoms with van der Waals surface area (Å²) in [5, 5.41) is 0.00997. The van der Waals surface area contributed by atoms with E-state index in [-0.39, 0.29) is 16.4 Å². The predicted molar refractivity (Wildman–Crippen MR) is 68.4 cm³/mol. The molecule has 0 atom stereocenters. The molecule has 0 saturated carbocycles. The lowest BCUT2D eigenvalue weighted by atomic mass is 10.2. The van der Waals surface area contributed by atoms with Crippen LogP contribution in [-0.2, 0) is 6.54 Å². The summed E-state index contributed by atoms with van der Waals surface area (Å²) >= 11 is 11.4. The zero-order valence-electron chi connectivity index (χ0n) is 9.44. The summed E-state index contributed by atoms with van der Waals surface area (Å²) in [6.07, 6.45) is 0. The Morgan fingerprint density at radius 3 is 2.33 bits per heavy atom. The van der Waals surface area contributed by atoms with Gasteiger partial charge in [0.25, 0.3) is 0 Å². The number of hydrogen-bond donors (Lipinski definition) is 0. The topological polar surface area (TPSA) is 41.9 Å².